The SMILES string of the molecule is CCOc1cc(C=N/N=C2/NC(=O)/C(=C\C(=O)OC)S2)cc(Br)c1OCC(=O)OC. The highest BCUT2D eigenvalue weighted by Gasteiger charge is 2.25. The van der Waals surface area contributed by atoms with Crippen LogP contribution in [0.3, 0.4) is 0 Å². The van der Waals surface area contributed by atoms with E-state index in [1.807, 2.05) is 6.92 Å². The topological polar surface area (TPSA) is 125 Å². The second-order valence-electron chi connectivity index (χ2n) is 5.37. The van der Waals surface area contributed by atoms with Crippen LogP contribution in [0.2, 0.25) is 0 Å². The number of nitrogens with one attached hydrogen (secondary N) is 1. The number of carbonyl (C=O) groups is 3. The molecule has 1 heterocycles. The number of hydrogen-bond acceptors (Lipinski definition) is 10. The first-order valence-electron chi connectivity index (χ1n) is 8.43. The maximum Gasteiger partial charge on any atom is 0.343 e. The Bertz CT molecular complexity index is 931. The Morgan fingerprint density at radius 1 is 1.23 bits per heavy atom. The lowest BCUT2D eigenvalue weighted by Crippen LogP contribution is -2.19. The molecule has 1 aliphatic rings. The highest BCUT2D eigenvalue weighted by molar-refractivity contribution is 9.10. The summed E-state index contributed by atoms with van der Waals surface area (Å²) >= 11 is 4.34. The zero-order chi connectivity index (χ0) is 22.1. The van der Waals surface area contributed by atoms with Gasteiger partial charge in [-0.05, 0) is 52.3 Å². The zero-order valence-electron chi connectivity index (χ0n) is 16.3. The van der Waals surface area contributed by atoms with E-state index >= 15 is 0 Å². The molecule has 2 rings (SSSR count). The molecule has 0 aliphatic carbocycles. The zero-order valence-corrected chi connectivity index (χ0v) is 18.7. The van der Waals surface area contributed by atoms with E-state index in [0.29, 0.717) is 28.1 Å². The highest BCUT2D eigenvalue weighted by Crippen LogP contribution is 2.36. The first-order valence-corrected chi connectivity index (χ1v) is 10.0. The molecule has 12 heteroatoms. The number of halogens is 1. The van der Waals surface area contributed by atoms with Crippen LogP contribution < -0.4 is 14.8 Å². The van der Waals surface area contributed by atoms with Crippen LogP contribution in [-0.2, 0) is 23.9 Å². The highest BCUT2D eigenvalue weighted by atomic mass is 79.9. The summed E-state index contributed by atoms with van der Waals surface area (Å²) in [6, 6.07) is 3.36. The molecule has 0 aromatic heterocycles. The van der Waals surface area contributed by atoms with Crippen LogP contribution in [0, 0.1) is 0 Å². The predicted octanol–water partition coefficient (Wildman–Crippen LogP) is 2.01. The molecule has 0 saturated carbocycles. The van der Waals surface area contributed by atoms with E-state index in [4.69, 9.17) is 9.47 Å². The van der Waals surface area contributed by atoms with Gasteiger partial charge in [0.15, 0.2) is 23.3 Å². The monoisotopic (exact) mass is 499 g/mol. The summed E-state index contributed by atoms with van der Waals surface area (Å²) in [4.78, 5) is 34.5. The Hall–Kier alpha value is -2.86. The van der Waals surface area contributed by atoms with Gasteiger partial charge in [-0.25, -0.2) is 9.59 Å². The number of rotatable bonds is 8. The van der Waals surface area contributed by atoms with Gasteiger partial charge in [0.25, 0.3) is 5.91 Å². The third-order valence-corrected chi connectivity index (χ3v) is 4.84. The Morgan fingerprint density at radius 3 is 2.67 bits per heavy atom. The molecule has 0 bridgehead atoms. The van der Waals surface area contributed by atoms with Crippen molar-refractivity contribution in [2.75, 3.05) is 27.4 Å². The van der Waals surface area contributed by atoms with Crippen LogP contribution in [0.5, 0.6) is 11.5 Å². The largest absolute Gasteiger partial charge is 0.490 e. The minimum atomic E-state index is -0.639. The third-order valence-electron chi connectivity index (χ3n) is 3.35. The number of amidine groups is 1. The van der Waals surface area contributed by atoms with Crippen molar-refractivity contribution in [3.05, 3.63) is 33.2 Å². The maximum atomic E-state index is 11.8. The lowest BCUT2D eigenvalue weighted by molar-refractivity contribution is -0.143. The molecular weight excluding hydrogens is 482 g/mol. The third kappa shape index (κ3) is 6.59. The number of ether oxygens (including phenoxy) is 4. The minimum Gasteiger partial charge on any atom is -0.490 e. The summed E-state index contributed by atoms with van der Waals surface area (Å²) in [7, 11) is 2.49. The summed E-state index contributed by atoms with van der Waals surface area (Å²) in [6.07, 6.45) is 2.52. The van der Waals surface area contributed by atoms with Crippen LogP contribution >= 0.6 is 27.7 Å². The lowest BCUT2D eigenvalue weighted by Gasteiger charge is -2.13. The average Bonchev–Trinajstić information content (AvgIpc) is 3.06. The quantitative estimate of drug-likeness (QED) is 0.249. The van der Waals surface area contributed by atoms with Crippen LogP contribution in [-0.4, -0.2) is 56.7 Å². The molecule has 1 aromatic rings. The fourth-order valence-corrected chi connectivity index (χ4v) is 3.36. The fourth-order valence-electron chi connectivity index (χ4n) is 2.04. The van der Waals surface area contributed by atoms with Crippen molar-refractivity contribution in [1.29, 1.82) is 0 Å². The van der Waals surface area contributed by atoms with Crippen molar-refractivity contribution in [2.24, 2.45) is 10.2 Å². The molecule has 1 aromatic carbocycles. The number of hydrogen-bond donors (Lipinski definition) is 1. The van der Waals surface area contributed by atoms with Gasteiger partial charge in [-0.1, -0.05) is 0 Å². The lowest BCUT2D eigenvalue weighted by atomic mass is 10.2. The van der Waals surface area contributed by atoms with Crippen molar-refractivity contribution in [3.63, 3.8) is 0 Å². The van der Waals surface area contributed by atoms with Gasteiger partial charge in [-0.3, -0.25) is 10.1 Å². The van der Waals surface area contributed by atoms with Gasteiger partial charge in [-0.15, -0.1) is 5.10 Å². The first kappa shape index (κ1) is 23.4. The number of nitrogens with zero attached hydrogens (tertiary/aromatic N) is 2. The molecule has 1 saturated heterocycles. The van der Waals surface area contributed by atoms with Crippen molar-refractivity contribution >= 4 is 56.9 Å². The standard InChI is InChI=1S/C18H18BrN3O7S/c1-4-28-12-6-10(5-11(19)16(12)29-9-15(24)27-3)8-20-22-18-21-17(25)13(30-18)7-14(23)26-2/h5-8H,4,9H2,1-3H3,(H,21,22,25)/b13-7+,20-8?. The van der Waals surface area contributed by atoms with E-state index in [-0.39, 0.29) is 16.7 Å². The number of thioether (sulfide) groups is 1. The molecule has 0 spiro atoms. The predicted molar refractivity (Wildman–Crippen MR) is 114 cm³/mol. The number of methoxy groups -OCH3 is 2. The molecule has 10 nitrogen and oxygen atoms in total. The summed E-state index contributed by atoms with van der Waals surface area (Å²) in [5, 5.41) is 10.6. The van der Waals surface area contributed by atoms with E-state index in [9.17, 15) is 14.4 Å². The molecule has 160 valence electrons. The van der Waals surface area contributed by atoms with Gasteiger partial charge in [0.05, 0.1) is 36.4 Å². The van der Waals surface area contributed by atoms with Gasteiger partial charge in [0, 0.05) is 6.08 Å². The van der Waals surface area contributed by atoms with Gasteiger partial charge >= 0.3 is 11.9 Å². The fraction of sp³-hybridized carbons (Fsp3) is 0.278. The summed E-state index contributed by atoms with van der Waals surface area (Å²) < 4.78 is 20.6. The number of esters is 2. The Balaban J connectivity index is 2.16. The minimum absolute atomic E-state index is 0.157. The van der Waals surface area contributed by atoms with Crippen molar-refractivity contribution in [2.45, 2.75) is 6.92 Å². The molecule has 1 N–H and O–H groups in total. The van der Waals surface area contributed by atoms with E-state index in [1.165, 1.54) is 20.4 Å². The van der Waals surface area contributed by atoms with Crippen LogP contribution in [0.4, 0.5) is 0 Å². The summed E-state index contributed by atoms with van der Waals surface area (Å²) in [5.74, 6) is -0.880. The molecular formula is C18H18BrN3O7S. The van der Waals surface area contributed by atoms with Crippen molar-refractivity contribution in [3.8, 4) is 11.5 Å². The molecule has 30 heavy (non-hydrogen) atoms. The van der Waals surface area contributed by atoms with Gasteiger partial charge in [0.1, 0.15) is 0 Å². The van der Waals surface area contributed by atoms with E-state index < -0.39 is 17.8 Å². The number of carbonyl (C=O) groups excluding carboxylic acids is 3. The van der Waals surface area contributed by atoms with E-state index in [1.54, 1.807) is 12.1 Å². The first-order chi connectivity index (χ1) is 14.4. The van der Waals surface area contributed by atoms with Gasteiger partial charge in [0.2, 0.25) is 0 Å². The van der Waals surface area contributed by atoms with E-state index in [2.05, 4.69) is 40.9 Å². The molecule has 1 aliphatic heterocycles. The average molecular weight is 500 g/mol. The normalized spacial score (nSPS) is 16.1. The smallest absolute Gasteiger partial charge is 0.343 e. The number of benzene rings is 1. The summed E-state index contributed by atoms with van der Waals surface area (Å²) in [5.41, 5.74) is 0.625. The maximum absolute atomic E-state index is 11.8. The molecule has 0 radical (unpaired) electrons. The van der Waals surface area contributed by atoms with Gasteiger partial charge < -0.3 is 18.9 Å². The van der Waals surface area contributed by atoms with E-state index in [0.717, 1.165) is 17.8 Å². The second kappa shape index (κ2) is 11.4. The van der Waals surface area contributed by atoms with Crippen molar-refractivity contribution in [1.82, 2.24) is 5.32 Å². The van der Waals surface area contributed by atoms with Crippen LogP contribution in [0.1, 0.15) is 12.5 Å². The summed E-state index contributed by atoms with van der Waals surface area (Å²) in [6.45, 7) is 1.92. The van der Waals surface area contributed by atoms with Crippen LogP contribution in [0.15, 0.2) is 37.8 Å². The van der Waals surface area contributed by atoms with Crippen LogP contribution in [0.25, 0.3) is 0 Å². The van der Waals surface area contributed by atoms with Crippen molar-refractivity contribution < 1.29 is 33.3 Å². The molecule has 0 unspecified atom stereocenters. The Morgan fingerprint density at radius 2 is 2.00 bits per heavy atom. The Labute approximate surface area is 184 Å². The second-order valence-corrected chi connectivity index (χ2v) is 7.25. The Kier molecular flexibility index (Phi) is 8.87. The molecule has 1 amide bonds. The molecule has 1 fully saturated rings. The number of amides is 1. The van der Waals surface area contributed by atoms with Gasteiger partial charge in [-0.2, -0.15) is 5.10 Å². The molecule has 0 atom stereocenters.